The molecule has 0 unspecified atom stereocenters. The lowest BCUT2D eigenvalue weighted by molar-refractivity contribution is -0.120. The molecule has 5 heteroatoms. The fourth-order valence-corrected chi connectivity index (χ4v) is 2.91. The summed E-state index contributed by atoms with van der Waals surface area (Å²) in [7, 11) is -0.354. The molecule has 130 valence electrons. The van der Waals surface area contributed by atoms with Crippen molar-refractivity contribution in [3.05, 3.63) is 29.3 Å². The van der Waals surface area contributed by atoms with Gasteiger partial charge in [0, 0.05) is 6.54 Å². The van der Waals surface area contributed by atoms with Gasteiger partial charge in [0.2, 0.25) is 5.91 Å². The predicted molar refractivity (Wildman–Crippen MR) is 96.3 cm³/mol. The van der Waals surface area contributed by atoms with E-state index in [1.54, 1.807) is 0 Å². The molecule has 3 rings (SSSR count). The topological polar surface area (TPSA) is 47.6 Å². The summed E-state index contributed by atoms with van der Waals surface area (Å²) in [6, 6.07) is 6.10. The Balaban J connectivity index is 1.65. The lowest BCUT2D eigenvalue weighted by atomic mass is 9.75. The molecular formula is C19H28BNO3. The van der Waals surface area contributed by atoms with Gasteiger partial charge in [0.15, 0.2) is 0 Å². The van der Waals surface area contributed by atoms with E-state index < -0.39 is 0 Å². The lowest BCUT2D eigenvalue weighted by Gasteiger charge is -2.32. The highest BCUT2D eigenvalue weighted by Gasteiger charge is 2.52. The van der Waals surface area contributed by atoms with E-state index >= 15 is 0 Å². The Labute approximate surface area is 145 Å². The van der Waals surface area contributed by atoms with Crippen molar-refractivity contribution < 1.29 is 14.1 Å². The number of amides is 1. The highest BCUT2D eigenvalue weighted by Crippen LogP contribution is 2.36. The van der Waals surface area contributed by atoms with Crippen molar-refractivity contribution >= 4 is 18.5 Å². The van der Waals surface area contributed by atoms with Gasteiger partial charge in [-0.05, 0) is 64.4 Å². The summed E-state index contributed by atoms with van der Waals surface area (Å²) in [5.74, 6) is 0.811. The van der Waals surface area contributed by atoms with Crippen LogP contribution in [0.25, 0.3) is 0 Å². The predicted octanol–water partition coefficient (Wildman–Crippen LogP) is 2.36. The summed E-state index contributed by atoms with van der Waals surface area (Å²) in [6.07, 6.45) is 2.93. The largest absolute Gasteiger partial charge is 0.495 e. The van der Waals surface area contributed by atoms with E-state index in [2.05, 4.69) is 39.1 Å². The first-order chi connectivity index (χ1) is 11.2. The molecule has 4 nitrogen and oxygen atoms in total. The zero-order valence-corrected chi connectivity index (χ0v) is 15.4. The average molecular weight is 329 g/mol. The fourth-order valence-electron chi connectivity index (χ4n) is 2.91. The van der Waals surface area contributed by atoms with E-state index in [1.165, 1.54) is 12.8 Å². The zero-order chi connectivity index (χ0) is 17.5. The number of rotatable bonds is 5. The van der Waals surface area contributed by atoms with E-state index in [9.17, 15) is 4.79 Å². The third-order valence-electron chi connectivity index (χ3n) is 5.49. The van der Waals surface area contributed by atoms with Crippen molar-refractivity contribution in [2.75, 3.05) is 6.54 Å². The monoisotopic (exact) mass is 329 g/mol. The van der Waals surface area contributed by atoms with Crippen molar-refractivity contribution in [3.63, 3.8) is 0 Å². The molecule has 1 heterocycles. The molecule has 24 heavy (non-hydrogen) atoms. The maximum atomic E-state index is 12.0. The second-order valence-electron chi connectivity index (χ2n) is 8.20. The van der Waals surface area contributed by atoms with Gasteiger partial charge < -0.3 is 14.6 Å². The SMILES string of the molecule is Cc1cc(CC(=O)NCC2CC2)ccc1B1OC(C)(C)C(C)(C)O1. The van der Waals surface area contributed by atoms with Crippen LogP contribution in [-0.4, -0.2) is 30.8 Å². The number of hydrogen-bond donors (Lipinski definition) is 1. The molecule has 2 aliphatic rings. The first-order valence-corrected chi connectivity index (χ1v) is 8.90. The third kappa shape index (κ3) is 3.67. The molecule has 0 radical (unpaired) electrons. The Morgan fingerprint density at radius 1 is 1.21 bits per heavy atom. The number of hydrogen-bond acceptors (Lipinski definition) is 3. The average Bonchev–Trinajstić information content (AvgIpc) is 3.24. The van der Waals surface area contributed by atoms with Gasteiger partial charge in [0.1, 0.15) is 0 Å². The minimum atomic E-state index is -0.354. The van der Waals surface area contributed by atoms with E-state index in [1.807, 2.05) is 19.1 Å². The maximum absolute atomic E-state index is 12.0. The van der Waals surface area contributed by atoms with Crippen molar-refractivity contribution in [1.82, 2.24) is 5.32 Å². The molecule has 0 aromatic heterocycles. The molecular weight excluding hydrogens is 301 g/mol. The number of benzene rings is 1. The van der Waals surface area contributed by atoms with E-state index in [0.717, 1.165) is 23.1 Å². The fraction of sp³-hybridized carbons (Fsp3) is 0.632. The second-order valence-corrected chi connectivity index (χ2v) is 8.20. The van der Waals surface area contributed by atoms with Crippen LogP contribution in [0, 0.1) is 12.8 Å². The van der Waals surface area contributed by atoms with Crippen LogP contribution >= 0.6 is 0 Å². The van der Waals surface area contributed by atoms with Gasteiger partial charge in [-0.15, -0.1) is 0 Å². The number of carbonyl (C=O) groups is 1. The highest BCUT2D eigenvalue weighted by molar-refractivity contribution is 6.62. The molecule has 2 fully saturated rings. The summed E-state index contributed by atoms with van der Waals surface area (Å²) < 4.78 is 12.2. The second kappa shape index (κ2) is 6.19. The Hall–Kier alpha value is -1.33. The summed E-state index contributed by atoms with van der Waals surface area (Å²) in [4.78, 5) is 12.0. The smallest absolute Gasteiger partial charge is 0.399 e. The lowest BCUT2D eigenvalue weighted by Crippen LogP contribution is -2.41. The normalized spacial score (nSPS) is 21.8. The number of carbonyl (C=O) groups excluding carboxylic acids is 1. The summed E-state index contributed by atoms with van der Waals surface area (Å²) >= 11 is 0. The maximum Gasteiger partial charge on any atom is 0.495 e. The minimum Gasteiger partial charge on any atom is -0.399 e. The first-order valence-electron chi connectivity index (χ1n) is 8.90. The molecule has 1 aromatic carbocycles. The zero-order valence-electron chi connectivity index (χ0n) is 15.4. The van der Waals surface area contributed by atoms with Crippen LogP contribution in [0.4, 0.5) is 0 Å². The molecule has 0 spiro atoms. The van der Waals surface area contributed by atoms with Crippen LogP contribution in [-0.2, 0) is 20.5 Å². The van der Waals surface area contributed by atoms with Gasteiger partial charge in [-0.25, -0.2) is 0 Å². The quantitative estimate of drug-likeness (QED) is 0.844. The molecule has 1 N–H and O–H groups in total. The number of nitrogens with one attached hydrogen (secondary N) is 1. The Morgan fingerprint density at radius 3 is 2.38 bits per heavy atom. The Morgan fingerprint density at radius 2 is 1.83 bits per heavy atom. The van der Waals surface area contributed by atoms with Gasteiger partial charge in [0.05, 0.1) is 17.6 Å². The van der Waals surface area contributed by atoms with Crippen molar-refractivity contribution in [2.24, 2.45) is 5.92 Å². The van der Waals surface area contributed by atoms with E-state index in [-0.39, 0.29) is 24.2 Å². The third-order valence-corrected chi connectivity index (χ3v) is 5.49. The molecule has 1 aromatic rings. The van der Waals surface area contributed by atoms with Crippen LogP contribution in [0.15, 0.2) is 18.2 Å². The first kappa shape index (κ1) is 17.5. The van der Waals surface area contributed by atoms with Gasteiger partial charge in [-0.2, -0.15) is 0 Å². The van der Waals surface area contributed by atoms with Crippen LogP contribution in [0.3, 0.4) is 0 Å². The van der Waals surface area contributed by atoms with Crippen molar-refractivity contribution in [1.29, 1.82) is 0 Å². The molecule has 1 saturated carbocycles. The molecule has 1 aliphatic heterocycles. The van der Waals surface area contributed by atoms with Crippen LogP contribution < -0.4 is 10.8 Å². The minimum absolute atomic E-state index is 0.102. The van der Waals surface area contributed by atoms with Crippen LogP contribution in [0.5, 0.6) is 0 Å². The standard InChI is InChI=1S/C19H28BNO3/c1-13-10-15(11-17(22)21-12-14-6-7-14)8-9-16(13)20-23-18(2,3)19(4,5)24-20/h8-10,14H,6-7,11-12H2,1-5H3,(H,21,22). The van der Waals surface area contributed by atoms with Gasteiger partial charge >= 0.3 is 7.12 Å². The van der Waals surface area contributed by atoms with Crippen molar-refractivity contribution in [3.8, 4) is 0 Å². The molecule has 0 atom stereocenters. The summed E-state index contributed by atoms with van der Waals surface area (Å²) in [5, 5.41) is 3.02. The van der Waals surface area contributed by atoms with Crippen LogP contribution in [0.2, 0.25) is 0 Å². The molecule has 1 saturated heterocycles. The molecule has 1 aliphatic carbocycles. The Kier molecular flexibility index (Phi) is 4.52. The summed E-state index contributed by atoms with van der Waals surface area (Å²) in [5.41, 5.74) is 2.48. The van der Waals surface area contributed by atoms with Gasteiger partial charge in [0.25, 0.3) is 0 Å². The van der Waals surface area contributed by atoms with Crippen LogP contribution in [0.1, 0.15) is 51.7 Å². The summed E-state index contributed by atoms with van der Waals surface area (Å²) in [6.45, 7) is 11.1. The van der Waals surface area contributed by atoms with E-state index in [4.69, 9.17) is 9.31 Å². The van der Waals surface area contributed by atoms with Gasteiger partial charge in [-0.3, -0.25) is 4.79 Å². The molecule has 0 bridgehead atoms. The highest BCUT2D eigenvalue weighted by atomic mass is 16.7. The molecule has 1 amide bonds. The van der Waals surface area contributed by atoms with Gasteiger partial charge in [-0.1, -0.05) is 23.8 Å². The number of aryl methyl sites for hydroxylation is 1. The Bertz CT molecular complexity index is 621. The van der Waals surface area contributed by atoms with Crippen molar-refractivity contribution in [2.45, 2.75) is 65.1 Å². The van der Waals surface area contributed by atoms with E-state index in [0.29, 0.717) is 12.3 Å².